The summed E-state index contributed by atoms with van der Waals surface area (Å²) in [5, 5.41) is 3.03. The lowest BCUT2D eigenvalue weighted by atomic mass is 10.0. The second-order valence-corrected chi connectivity index (χ2v) is 8.33. The van der Waals surface area contributed by atoms with E-state index in [-0.39, 0.29) is 23.9 Å². The zero-order chi connectivity index (χ0) is 23.2. The third kappa shape index (κ3) is 5.68. The summed E-state index contributed by atoms with van der Waals surface area (Å²) >= 11 is 0. The number of aromatic nitrogens is 2. The number of H-pyrrole nitrogens is 1. The van der Waals surface area contributed by atoms with Crippen LogP contribution in [-0.2, 0) is 16.0 Å². The zero-order valence-electron chi connectivity index (χ0n) is 19.1. The van der Waals surface area contributed by atoms with Gasteiger partial charge in [0.2, 0.25) is 11.9 Å². The summed E-state index contributed by atoms with van der Waals surface area (Å²) in [6.07, 6.45) is 0.581. The topological polar surface area (TPSA) is 87.3 Å². The van der Waals surface area contributed by atoms with Gasteiger partial charge < -0.3 is 15.0 Å². The van der Waals surface area contributed by atoms with E-state index in [1.54, 1.807) is 0 Å². The maximum Gasteiger partial charge on any atom is 0.255 e. The number of anilines is 1. The monoisotopic (exact) mass is 446 g/mol. The number of nitrogens with one attached hydrogen (secondary N) is 2. The van der Waals surface area contributed by atoms with E-state index in [0.717, 1.165) is 16.7 Å². The van der Waals surface area contributed by atoms with Crippen LogP contribution >= 0.6 is 0 Å². The van der Waals surface area contributed by atoms with Crippen LogP contribution in [-0.4, -0.2) is 42.2 Å². The molecule has 3 aromatic rings. The smallest absolute Gasteiger partial charge is 0.255 e. The predicted octanol–water partition coefficient (Wildman–Crippen LogP) is 3.39. The van der Waals surface area contributed by atoms with E-state index in [4.69, 9.17) is 4.74 Å². The average molecular weight is 447 g/mol. The Morgan fingerprint density at radius 1 is 1.09 bits per heavy atom. The molecule has 1 saturated heterocycles. The van der Waals surface area contributed by atoms with E-state index in [9.17, 15) is 9.59 Å². The van der Waals surface area contributed by atoms with Crippen LogP contribution in [0.15, 0.2) is 59.4 Å². The third-order valence-electron chi connectivity index (χ3n) is 6.02. The van der Waals surface area contributed by atoms with Gasteiger partial charge in [-0.25, -0.2) is 4.98 Å². The molecule has 1 unspecified atom stereocenters. The Hall–Kier alpha value is -3.45. The van der Waals surface area contributed by atoms with E-state index in [1.165, 1.54) is 0 Å². The largest absolute Gasteiger partial charge is 0.378 e. The van der Waals surface area contributed by atoms with Gasteiger partial charge in [0.1, 0.15) is 0 Å². The Balaban J connectivity index is 1.34. The number of aryl methyl sites for hydroxylation is 1. The van der Waals surface area contributed by atoms with E-state index in [0.29, 0.717) is 49.9 Å². The first-order valence-corrected chi connectivity index (χ1v) is 11.4. The minimum Gasteiger partial charge on any atom is -0.378 e. The van der Waals surface area contributed by atoms with E-state index in [1.807, 2.05) is 49.1 Å². The molecular formula is C26H30N4O3. The Bertz CT molecular complexity index is 1140. The van der Waals surface area contributed by atoms with Gasteiger partial charge in [0.05, 0.1) is 19.3 Å². The fraction of sp³-hybridized carbons (Fsp3) is 0.346. The molecule has 2 aromatic carbocycles. The van der Waals surface area contributed by atoms with Crippen LogP contribution in [0.5, 0.6) is 0 Å². The molecule has 2 N–H and O–H groups in total. The Labute approximate surface area is 193 Å². The van der Waals surface area contributed by atoms with Crippen molar-refractivity contribution < 1.29 is 9.53 Å². The molecule has 0 saturated carbocycles. The number of ether oxygens (including phenoxy) is 1. The Kier molecular flexibility index (Phi) is 7.19. The molecule has 0 bridgehead atoms. The Morgan fingerprint density at radius 2 is 1.76 bits per heavy atom. The van der Waals surface area contributed by atoms with Crippen molar-refractivity contribution in [3.05, 3.63) is 81.8 Å². The van der Waals surface area contributed by atoms with Crippen LogP contribution in [0.3, 0.4) is 0 Å². The van der Waals surface area contributed by atoms with Gasteiger partial charge in [0.15, 0.2) is 0 Å². The minimum atomic E-state index is -0.179. The van der Waals surface area contributed by atoms with Gasteiger partial charge in [-0.15, -0.1) is 0 Å². The van der Waals surface area contributed by atoms with Crippen molar-refractivity contribution in [3.63, 3.8) is 0 Å². The van der Waals surface area contributed by atoms with Gasteiger partial charge in [0, 0.05) is 30.8 Å². The molecule has 7 nitrogen and oxygen atoms in total. The molecule has 172 valence electrons. The van der Waals surface area contributed by atoms with Crippen molar-refractivity contribution in [2.75, 3.05) is 31.2 Å². The van der Waals surface area contributed by atoms with E-state index < -0.39 is 0 Å². The number of nitrogens with zero attached hydrogens (tertiary/aromatic N) is 2. The lowest BCUT2D eigenvalue weighted by Gasteiger charge is -2.27. The van der Waals surface area contributed by atoms with E-state index in [2.05, 4.69) is 39.6 Å². The molecule has 33 heavy (non-hydrogen) atoms. The SMILES string of the molecule is Cc1nc(N2CCOCC2)[nH]c(=O)c1CCC(=O)NC(C)c1ccc(-c2ccccc2)cc1. The molecule has 1 aliphatic heterocycles. The van der Waals surface area contributed by atoms with Crippen molar-refractivity contribution in [1.29, 1.82) is 0 Å². The number of amides is 1. The molecular weight excluding hydrogens is 416 g/mol. The minimum absolute atomic E-state index is 0.0920. The molecule has 0 aliphatic carbocycles. The normalized spacial score (nSPS) is 14.7. The van der Waals surface area contributed by atoms with Crippen LogP contribution in [0.4, 0.5) is 5.95 Å². The lowest BCUT2D eigenvalue weighted by Crippen LogP contribution is -2.38. The fourth-order valence-electron chi connectivity index (χ4n) is 4.05. The summed E-state index contributed by atoms with van der Waals surface area (Å²) in [5.74, 6) is 0.479. The molecule has 1 amide bonds. The van der Waals surface area contributed by atoms with Gasteiger partial charge >= 0.3 is 0 Å². The van der Waals surface area contributed by atoms with Crippen molar-refractivity contribution in [2.24, 2.45) is 0 Å². The maximum absolute atomic E-state index is 12.6. The molecule has 1 fully saturated rings. The van der Waals surface area contributed by atoms with Gasteiger partial charge in [-0.05, 0) is 37.0 Å². The van der Waals surface area contributed by atoms with Gasteiger partial charge in [0.25, 0.3) is 5.56 Å². The van der Waals surface area contributed by atoms with Crippen LogP contribution in [0, 0.1) is 6.92 Å². The second kappa shape index (κ2) is 10.4. The molecule has 2 heterocycles. The molecule has 1 atom stereocenters. The first kappa shape index (κ1) is 22.7. The predicted molar refractivity (Wildman–Crippen MR) is 129 cm³/mol. The number of aromatic amines is 1. The number of carbonyl (C=O) groups excluding carboxylic acids is 1. The summed E-state index contributed by atoms with van der Waals surface area (Å²) in [7, 11) is 0. The summed E-state index contributed by atoms with van der Waals surface area (Å²) in [6.45, 7) is 6.44. The van der Waals surface area contributed by atoms with Crippen molar-refractivity contribution in [2.45, 2.75) is 32.7 Å². The van der Waals surface area contributed by atoms with Crippen molar-refractivity contribution >= 4 is 11.9 Å². The highest BCUT2D eigenvalue weighted by molar-refractivity contribution is 5.76. The number of morpholine rings is 1. The first-order valence-electron chi connectivity index (χ1n) is 11.4. The fourth-order valence-corrected chi connectivity index (χ4v) is 4.05. The van der Waals surface area contributed by atoms with Crippen molar-refractivity contribution in [3.8, 4) is 11.1 Å². The van der Waals surface area contributed by atoms with Gasteiger partial charge in [-0.2, -0.15) is 0 Å². The number of hydrogen-bond donors (Lipinski definition) is 2. The highest BCUT2D eigenvalue weighted by Gasteiger charge is 2.17. The highest BCUT2D eigenvalue weighted by atomic mass is 16.5. The summed E-state index contributed by atoms with van der Waals surface area (Å²) in [4.78, 5) is 34.6. The summed E-state index contributed by atoms with van der Waals surface area (Å²) < 4.78 is 5.35. The van der Waals surface area contributed by atoms with Crippen LogP contribution in [0.25, 0.3) is 11.1 Å². The number of benzene rings is 2. The van der Waals surface area contributed by atoms with Crippen LogP contribution in [0.2, 0.25) is 0 Å². The van der Waals surface area contributed by atoms with Crippen molar-refractivity contribution in [1.82, 2.24) is 15.3 Å². The Morgan fingerprint density at radius 3 is 2.42 bits per heavy atom. The van der Waals surface area contributed by atoms with E-state index >= 15 is 0 Å². The molecule has 4 rings (SSSR count). The summed E-state index contributed by atoms with van der Waals surface area (Å²) in [6, 6.07) is 18.3. The highest BCUT2D eigenvalue weighted by Crippen LogP contribution is 2.22. The quantitative estimate of drug-likeness (QED) is 0.581. The molecule has 0 radical (unpaired) electrons. The van der Waals surface area contributed by atoms with Crippen LogP contribution in [0.1, 0.15) is 36.2 Å². The summed E-state index contributed by atoms with van der Waals surface area (Å²) in [5.41, 5.74) is 4.38. The lowest BCUT2D eigenvalue weighted by molar-refractivity contribution is -0.121. The molecule has 7 heteroatoms. The molecule has 0 spiro atoms. The number of hydrogen-bond acceptors (Lipinski definition) is 5. The molecule has 1 aliphatic rings. The van der Waals surface area contributed by atoms with Crippen LogP contribution < -0.4 is 15.8 Å². The average Bonchev–Trinajstić information content (AvgIpc) is 2.84. The number of carbonyl (C=O) groups is 1. The van der Waals surface area contributed by atoms with Gasteiger partial charge in [-0.1, -0.05) is 54.6 Å². The third-order valence-corrected chi connectivity index (χ3v) is 6.02. The second-order valence-electron chi connectivity index (χ2n) is 8.33. The maximum atomic E-state index is 12.6. The zero-order valence-corrected chi connectivity index (χ0v) is 19.1. The first-order chi connectivity index (χ1) is 16.0. The molecule has 1 aromatic heterocycles. The van der Waals surface area contributed by atoms with Gasteiger partial charge in [-0.3, -0.25) is 14.6 Å². The number of rotatable bonds is 7. The standard InChI is InChI=1S/C26H30N4O3/c1-18(20-8-10-22(11-9-20)21-6-4-3-5-7-21)27-24(31)13-12-23-19(2)28-26(29-25(23)32)30-14-16-33-17-15-30/h3-11,18H,12-17H2,1-2H3,(H,27,31)(H,28,29,32).